The van der Waals surface area contributed by atoms with E-state index >= 15 is 0 Å². The highest BCUT2D eigenvalue weighted by Crippen LogP contribution is 2.34. The zero-order valence-corrected chi connectivity index (χ0v) is 12.9. The van der Waals surface area contributed by atoms with Crippen molar-refractivity contribution >= 4 is 5.97 Å². The highest BCUT2D eigenvalue weighted by atomic mass is 16.5. The van der Waals surface area contributed by atoms with Gasteiger partial charge in [0.15, 0.2) is 0 Å². The molecule has 2 rings (SSSR count). The van der Waals surface area contributed by atoms with Gasteiger partial charge in [0, 0.05) is 6.42 Å². The van der Waals surface area contributed by atoms with E-state index in [2.05, 4.69) is 6.92 Å². The lowest BCUT2D eigenvalue weighted by Crippen LogP contribution is -2.53. The van der Waals surface area contributed by atoms with Crippen LogP contribution in [0.3, 0.4) is 0 Å². The van der Waals surface area contributed by atoms with Crippen molar-refractivity contribution in [2.75, 3.05) is 7.11 Å². The Bertz CT molecular complexity index is 334. The lowest BCUT2D eigenvalue weighted by molar-refractivity contribution is -0.152. The van der Waals surface area contributed by atoms with Crippen molar-refractivity contribution in [3.8, 4) is 0 Å². The second-order valence-corrected chi connectivity index (χ2v) is 6.57. The Balaban J connectivity index is 1.88. The fraction of sp³-hybridized carbons (Fsp3) is 0.938. The van der Waals surface area contributed by atoms with Crippen molar-refractivity contribution in [1.82, 2.24) is 0 Å². The van der Waals surface area contributed by atoms with Crippen LogP contribution in [0, 0.1) is 5.92 Å². The van der Waals surface area contributed by atoms with Crippen LogP contribution in [0.25, 0.3) is 0 Å². The van der Waals surface area contributed by atoms with E-state index < -0.39 is 5.54 Å². The predicted octanol–water partition coefficient (Wildman–Crippen LogP) is 2.78. The first kappa shape index (κ1) is 15.8. The molecule has 0 spiro atoms. The summed E-state index contributed by atoms with van der Waals surface area (Å²) in [4.78, 5) is 11.8. The van der Waals surface area contributed by atoms with Crippen molar-refractivity contribution in [1.29, 1.82) is 0 Å². The smallest absolute Gasteiger partial charge is 0.325 e. The topological polar surface area (TPSA) is 61.5 Å². The average Bonchev–Trinajstić information content (AvgIpc) is 2.46. The number of ether oxygens (including phenoxy) is 2. The van der Waals surface area contributed by atoms with Crippen LogP contribution >= 0.6 is 0 Å². The Morgan fingerprint density at radius 3 is 2.70 bits per heavy atom. The fourth-order valence-electron chi connectivity index (χ4n) is 3.77. The summed E-state index contributed by atoms with van der Waals surface area (Å²) in [5.74, 6) is 0.515. The SMILES string of the molecule is CCC1CCCC(OC2CCCC(N)(C(=O)OC)C2)C1. The van der Waals surface area contributed by atoms with Gasteiger partial charge in [0.1, 0.15) is 5.54 Å². The Hall–Kier alpha value is -0.610. The van der Waals surface area contributed by atoms with Gasteiger partial charge in [-0.3, -0.25) is 4.79 Å². The van der Waals surface area contributed by atoms with Gasteiger partial charge in [0.25, 0.3) is 0 Å². The molecule has 0 aromatic rings. The van der Waals surface area contributed by atoms with Crippen LogP contribution in [0.2, 0.25) is 0 Å². The van der Waals surface area contributed by atoms with E-state index in [1.807, 2.05) is 0 Å². The third kappa shape index (κ3) is 3.73. The third-order valence-corrected chi connectivity index (χ3v) is 5.03. The molecule has 2 N–H and O–H groups in total. The van der Waals surface area contributed by atoms with Crippen LogP contribution in [0.1, 0.15) is 64.7 Å². The first-order valence-corrected chi connectivity index (χ1v) is 8.10. The van der Waals surface area contributed by atoms with Gasteiger partial charge in [-0.05, 0) is 38.0 Å². The van der Waals surface area contributed by atoms with Gasteiger partial charge in [-0.25, -0.2) is 0 Å². The number of carbonyl (C=O) groups is 1. The summed E-state index contributed by atoms with van der Waals surface area (Å²) >= 11 is 0. The summed E-state index contributed by atoms with van der Waals surface area (Å²) in [6.07, 6.45) is 9.93. The molecule has 0 radical (unpaired) electrons. The molecular weight excluding hydrogens is 254 g/mol. The first-order chi connectivity index (χ1) is 9.57. The van der Waals surface area contributed by atoms with E-state index in [9.17, 15) is 4.79 Å². The molecule has 116 valence electrons. The van der Waals surface area contributed by atoms with Gasteiger partial charge in [-0.2, -0.15) is 0 Å². The summed E-state index contributed by atoms with van der Waals surface area (Å²) in [7, 11) is 1.41. The number of esters is 1. The molecule has 0 heterocycles. The molecule has 4 atom stereocenters. The van der Waals surface area contributed by atoms with Crippen LogP contribution in [-0.2, 0) is 14.3 Å². The average molecular weight is 283 g/mol. The molecule has 2 saturated carbocycles. The van der Waals surface area contributed by atoms with Crippen molar-refractivity contribution in [2.45, 2.75) is 82.5 Å². The Morgan fingerprint density at radius 1 is 1.25 bits per heavy atom. The van der Waals surface area contributed by atoms with E-state index in [0.717, 1.165) is 25.2 Å². The number of carbonyl (C=O) groups excluding carboxylic acids is 1. The van der Waals surface area contributed by atoms with E-state index in [1.54, 1.807) is 0 Å². The highest BCUT2D eigenvalue weighted by molar-refractivity contribution is 5.80. The van der Waals surface area contributed by atoms with E-state index in [-0.39, 0.29) is 12.1 Å². The predicted molar refractivity (Wildman–Crippen MR) is 78.3 cm³/mol. The normalized spacial score (nSPS) is 38.5. The minimum Gasteiger partial charge on any atom is -0.468 e. The van der Waals surface area contributed by atoms with Crippen molar-refractivity contribution in [3.05, 3.63) is 0 Å². The lowest BCUT2D eigenvalue weighted by atomic mass is 9.80. The standard InChI is InChI=1S/C16H29NO3/c1-3-12-6-4-7-13(10-12)20-14-8-5-9-16(17,11-14)15(18)19-2/h12-14H,3-11,17H2,1-2H3. The number of rotatable bonds is 4. The maximum absolute atomic E-state index is 11.8. The zero-order chi connectivity index (χ0) is 14.6. The van der Waals surface area contributed by atoms with Crippen LogP contribution in [0.4, 0.5) is 0 Å². The molecule has 4 nitrogen and oxygen atoms in total. The maximum Gasteiger partial charge on any atom is 0.325 e. The third-order valence-electron chi connectivity index (χ3n) is 5.03. The molecular formula is C16H29NO3. The molecule has 4 heteroatoms. The van der Waals surface area contributed by atoms with Gasteiger partial charge in [0.2, 0.25) is 0 Å². The molecule has 20 heavy (non-hydrogen) atoms. The molecule has 0 aromatic heterocycles. The molecule has 2 aliphatic rings. The quantitative estimate of drug-likeness (QED) is 0.806. The molecule has 0 bridgehead atoms. The second kappa shape index (κ2) is 6.90. The largest absolute Gasteiger partial charge is 0.468 e. The van der Waals surface area contributed by atoms with Gasteiger partial charge >= 0.3 is 5.97 Å². The van der Waals surface area contributed by atoms with Crippen molar-refractivity contribution in [2.24, 2.45) is 11.7 Å². The Morgan fingerprint density at radius 2 is 2.00 bits per heavy atom. The second-order valence-electron chi connectivity index (χ2n) is 6.57. The first-order valence-electron chi connectivity index (χ1n) is 8.10. The van der Waals surface area contributed by atoms with Gasteiger partial charge in [0.05, 0.1) is 19.3 Å². The van der Waals surface area contributed by atoms with Crippen LogP contribution < -0.4 is 5.73 Å². The fourth-order valence-corrected chi connectivity index (χ4v) is 3.77. The minimum absolute atomic E-state index is 0.119. The number of hydrogen-bond acceptors (Lipinski definition) is 4. The van der Waals surface area contributed by atoms with Crippen LogP contribution in [0.5, 0.6) is 0 Å². The molecule has 0 saturated heterocycles. The number of hydrogen-bond donors (Lipinski definition) is 1. The summed E-state index contributed by atoms with van der Waals surface area (Å²) in [5, 5.41) is 0. The van der Waals surface area contributed by atoms with Crippen LogP contribution in [-0.4, -0.2) is 30.8 Å². The summed E-state index contributed by atoms with van der Waals surface area (Å²) in [6, 6.07) is 0. The van der Waals surface area contributed by atoms with Gasteiger partial charge in [-0.1, -0.05) is 26.2 Å². The Labute approximate surface area is 122 Å². The summed E-state index contributed by atoms with van der Waals surface area (Å²) < 4.78 is 11.1. The summed E-state index contributed by atoms with van der Waals surface area (Å²) in [6.45, 7) is 2.26. The molecule has 2 aliphatic carbocycles. The molecule has 2 fully saturated rings. The molecule has 4 unspecified atom stereocenters. The lowest BCUT2D eigenvalue weighted by Gasteiger charge is -2.38. The maximum atomic E-state index is 11.8. The van der Waals surface area contributed by atoms with Crippen LogP contribution in [0.15, 0.2) is 0 Å². The molecule has 0 aromatic carbocycles. The zero-order valence-electron chi connectivity index (χ0n) is 12.9. The number of nitrogens with two attached hydrogens (primary N) is 1. The monoisotopic (exact) mass is 283 g/mol. The van der Waals surface area contributed by atoms with Gasteiger partial charge in [-0.15, -0.1) is 0 Å². The molecule has 0 amide bonds. The Kier molecular flexibility index (Phi) is 5.44. The summed E-state index contributed by atoms with van der Waals surface area (Å²) in [5.41, 5.74) is 5.37. The minimum atomic E-state index is -0.837. The van der Waals surface area contributed by atoms with Gasteiger partial charge < -0.3 is 15.2 Å². The van der Waals surface area contributed by atoms with E-state index in [0.29, 0.717) is 18.9 Å². The van der Waals surface area contributed by atoms with E-state index in [1.165, 1.54) is 32.8 Å². The van der Waals surface area contributed by atoms with Crippen molar-refractivity contribution < 1.29 is 14.3 Å². The highest BCUT2D eigenvalue weighted by Gasteiger charge is 2.41. The van der Waals surface area contributed by atoms with Crippen molar-refractivity contribution in [3.63, 3.8) is 0 Å². The van der Waals surface area contributed by atoms with E-state index in [4.69, 9.17) is 15.2 Å². The molecule has 0 aliphatic heterocycles. The number of methoxy groups -OCH3 is 1.